The fourth-order valence-corrected chi connectivity index (χ4v) is 3.02. The Kier molecular flexibility index (Phi) is 5.44. The lowest BCUT2D eigenvalue weighted by Gasteiger charge is -2.08. The van der Waals surface area contributed by atoms with Gasteiger partial charge >= 0.3 is 5.91 Å². The van der Waals surface area contributed by atoms with E-state index in [1.165, 1.54) is 6.26 Å². The number of furan rings is 1. The number of rotatable bonds is 5. The minimum Gasteiger partial charge on any atom is -0.459 e. The van der Waals surface area contributed by atoms with E-state index in [4.69, 9.17) is 27.6 Å². The van der Waals surface area contributed by atoms with Gasteiger partial charge in [-0.25, -0.2) is 5.43 Å². The summed E-state index contributed by atoms with van der Waals surface area (Å²) < 4.78 is 6.81. The second-order valence-corrected chi connectivity index (χ2v) is 6.43. The Morgan fingerprint density at radius 2 is 2.00 bits per heavy atom. The molecule has 0 atom stereocenters. The molecule has 0 saturated carbocycles. The molecule has 0 spiro atoms. The molecule has 2 heterocycles. The van der Waals surface area contributed by atoms with Crippen molar-refractivity contribution in [3.05, 3.63) is 74.9 Å². The first-order valence-electron chi connectivity index (χ1n) is 7.81. The van der Waals surface area contributed by atoms with Crippen molar-refractivity contribution in [3.8, 4) is 0 Å². The number of carbonyl (C=O) groups is 1. The SMILES string of the molecule is Cc1nn(Cc2c(Cl)cccc2Cl)c(C)c1/C=N\NC(=O)c1ccco1. The van der Waals surface area contributed by atoms with Gasteiger partial charge in [0.2, 0.25) is 0 Å². The summed E-state index contributed by atoms with van der Waals surface area (Å²) in [7, 11) is 0. The summed E-state index contributed by atoms with van der Waals surface area (Å²) in [4.78, 5) is 11.8. The number of nitrogens with zero attached hydrogens (tertiary/aromatic N) is 3. The number of carbonyl (C=O) groups excluding carboxylic acids is 1. The van der Waals surface area contributed by atoms with Crippen LogP contribution >= 0.6 is 23.2 Å². The average Bonchev–Trinajstić information content (AvgIpc) is 3.22. The van der Waals surface area contributed by atoms with E-state index in [1.54, 1.807) is 41.2 Å². The molecule has 26 heavy (non-hydrogen) atoms. The van der Waals surface area contributed by atoms with Gasteiger partial charge in [-0.15, -0.1) is 0 Å². The van der Waals surface area contributed by atoms with Crippen LogP contribution in [0.3, 0.4) is 0 Å². The van der Waals surface area contributed by atoms with E-state index in [0.717, 1.165) is 22.5 Å². The van der Waals surface area contributed by atoms with Gasteiger partial charge in [-0.2, -0.15) is 10.2 Å². The van der Waals surface area contributed by atoms with Crippen LogP contribution in [0.4, 0.5) is 0 Å². The van der Waals surface area contributed by atoms with Crippen LogP contribution in [0.1, 0.15) is 33.1 Å². The summed E-state index contributed by atoms with van der Waals surface area (Å²) in [5, 5.41) is 9.67. The van der Waals surface area contributed by atoms with Crippen LogP contribution in [0.5, 0.6) is 0 Å². The third-order valence-corrected chi connectivity index (χ3v) is 4.62. The van der Waals surface area contributed by atoms with Crippen LogP contribution in [-0.2, 0) is 6.54 Å². The van der Waals surface area contributed by atoms with E-state index in [2.05, 4.69) is 15.6 Å². The van der Waals surface area contributed by atoms with Crippen molar-refractivity contribution in [3.63, 3.8) is 0 Å². The second-order valence-electron chi connectivity index (χ2n) is 5.62. The first-order chi connectivity index (χ1) is 12.5. The number of hydrazone groups is 1. The number of halogens is 2. The van der Waals surface area contributed by atoms with Crippen molar-refractivity contribution in [1.82, 2.24) is 15.2 Å². The predicted octanol–water partition coefficient (Wildman–Crippen LogP) is 4.21. The lowest BCUT2D eigenvalue weighted by molar-refractivity contribution is 0.0927. The van der Waals surface area contributed by atoms with Gasteiger partial charge in [0.15, 0.2) is 5.76 Å². The Labute approximate surface area is 160 Å². The Morgan fingerprint density at radius 3 is 2.65 bits per heavy atom. The summed E-state index contributed by atoms with van der Waals surface area (Å²) >= 11 is 12.5. The molecule has 1 aromatic carbocycles. The zero-order valence-corrected chi connectivity index (χ0v) is 15.7. The monoisotopic (exact) mass is 390 g/mol. The summed E-state index contributed by atoms with van der Waals surface area (Å²) in [5.41, 5.74) is 5.70. The van der Waals surface area contributed by atoms with Gasteiger partial charge in [0, 0.05) is 26.9 Å². The minimum absolute atomic E-state index is 0.194. The van der Waals surface area contributed by atoms with Gasteiger partial charge in [0.05, 0.1) is 24.7 Å². The highest BCUT2D eigenvalue weighted by Crippen LogP contribution is 2.26. The fraction of sp³-hybridized carbons (Fsp3) is 0.167. The number of amides is 1. The van der Waals surface area contributed by atoms with Crippen molar-refractivity contribution < 1.29 is 9.21 Å². The molecule has 1 amide bonds. The first-order valence-corrected chi connectivity index (χ1v) is 8.56. The van der Waals surface area contributed by atoms with Gasteiger partial charge in [0.25, 0.3) is 0 Å². The molecule has 3 rings (SSSR count). The molecule has 8 heteroatoms. The van der Waals surface area contributed by atoms with Crippen LogP contribution in [0.2, 0.25) is 10.0 Å². The number of aryl methyl sites for hydroxylation is 1. The zero-order valence-electron chi connectivity index (χ0n) is 14.2. The summed E-state index contributed by atoms with van der Waals surface area (Å²) in [6, 6.07) is 8.58. The topological polar surface area (TPSA) is 72.4 Å². The maximum Gasteiger partial charge on any atom is 0.307 e. The van der Waals surface area contributed by atoms with Gasteiger partial charge in [-0.1, -0.05) is 29.3 Å². The Balaban J connectivity index is 1.78. The molecular weight excluding hydrogens is 375 g/mol. The number of hydrogen-bond donors (Lipinski definition) is 1. The third kappa shape index (κ3) is 3.81. The standard InChI is InChI=1S/C18H16Cl2N4O2/c1-11-13(9-21-22-18(25)17-7-4-8-26-17)12(2)24(23-11)10-14-15(19)5-3-6-16(14)20/h3-9H,10H2,1-2H3,(H,22,25)/b21-9-. The van der Waals surface area contributed by atoms with Crippen LogP contribution in [-0.4, -0.2) is 21.9 Å². The molecule has 0 aliphatic heterocycles. The molecule has 0 saturated heterocycles. The van der Waals surface area contributed by atoms with Crippen molar-refractivity contribution in [2.75, 3.05) is 0 Å². The summed E-state index contributed by atoms with van der Waals surface area (Å²) in [6.07, 6.45) is 2.99. The van der Waals surface area contributed by atoms with Crippen LogP contribution in [0, 0.1) is 13.8 Å². The van der Waals surface area contributed by atoms with E-state index in [-0.39, 0.29) is 5.76 Å². The highest BCUT2D eigenvalue weighted by Gasteiger charge is 2.13. The largest absolute Gasteiger partial charge is 0.459 e. The normalized spacial score (nSPS) is 11.2. The lowest BCUT2D eigenvalue weighted by atomic mass is 10.2. The summed E-state index contributed by atoms with van der Waals surface area (Å²) in [6.45, 7) is 4.23. The molecule has 3 aromatic rings. The van der Waals surface area contributed by atoms with E-state index < -0.39 is 5.91 Å². The maximum absolute atomic E-state index is 11.8. The molecule has 134 valence electrons. The van der Waals surface area contributed by atoms with Crippen LogP contribution < -0.4 is 5.43 Å². The molecule has 0 bridgehead atoms. The van der Waals surface area contributed by atoms with Gasteiger partial charge in [0.1, 0.15) is 0 Å². The van der Waals surface area contributed by atoms with Crippen LogP contribution in [0.25, 0.3) is 0 Å². The average molecular weight is 391 g/mol. The molecule has 1 N–H and O–H groups in total. The smallest absolute Gasteiger partial charge is 0.307 e. The quantitative estimate of drug-likeness (QED) is 0.523. The number of benzene rings is 1. The molecule has 0 radical (unpaired) electrons. The number of nitrogens with one attached hydrogen (secondary N) is 1. The maximum atomic E-state index is 11.8. The van der Waals surface area contributed by atoms with E-state index in [1.807, 2.05) is 13.8 Å². The molecular formula is C18H16Cl2N4O2. The van der Waals surface area contributed by atoms with Gasteiger partial charge < -0.3 is 4.42 Å². The van der Waals surface area contributed by atoms with E-state index in [0.29, 0.717) is 16.6 Å². The van der Waals surface area contributed by atoms with Crippen molar-refractivity contribution in [2.45, 2.75) is 20.4 Å². The van der Waals surface area contributed by atoms with E-state index in [9.17, 15) is 4.79 Å². The molecule has 0 aliphatic carbocycles. The van der Waals surface area contributed by atoms with Crippen molar-refractivity contribution in [2.24, 2.45) is 5.10 Å². The Morgan fingerprint density at radius 1 is 1.27 bits per heavy atom. The molecule has 6 nitrogen and oxygen atoms in total. The van der Waals surface area contributed by atoms with Crippen molar-refractivity contribution in [1.29, 1.82) is 0 Å². The summed E-state index contributed by atoms with van der Waals surface area (Å²) in [5.74, 6) is -0.226. The Bertz CT molecular complexity index is 942. The lowest BCUT2D eigenvalue weighted by Crippen LogP contribution is -2.16. The van der Waals surface area contributed by atoms with Gasteiger partial charge in [-0.3, -0.25) is 9.48 Å². The number of hydrogen-bond acceptors (Lipinski definition) is 4. The second kappa shape index (κ2) is 7.76. The molecule has 0 fully saturated rings. The first kappa shape index (κ1) is 18.2. The van der Waals surface area contributed by atoms with E-state index >= 15 is 0 Å². The van der Waals surface area contributed by atoms with Crippen molar-refractivity contribution >= 4 is 35.3 Å². The highest BCUT2D eigenvalue weighted by molar-refractivity contribution is 6.35. The molecule has 0 aliphatic rings. The minimum atomic E-state index is -0.420. The van der Waals surface area contributed by atoms with Crippen LogP contribution in [0.15, 0.2) is 46.1 Å². The molecule has 2 aromatic heterocycles. The number of aromatic nitrogens is 2. The fourth-order valence-electron chi connectivity index (χ4n) is 2.50. The Hall–Kier alpha value is -2.57. The zero-order chi connectivity index (χ0) is 18.7. The highest BCUT2D eigenvalue weighted by atomic mass is 35.5. The molecule has 0 unspecified atom stereocenters. The third-order valence-electron chi connectivity index (χ3n) is 3.91. The predicted molar refractivity (Wildman–Crippen MR) is 101 cm³/mol. The van der Waals surface area contributed by atoms with Gasteiger partial charge in [-0.05, 0) is 38.1 Å².